The number of rotatable bonds is 4. The van der Waals surface area contributed by atoms with Crippen molar-refractivity contribution in [3.63, 3.8) is 0 Å². The molecule has 1 aromatic carbocycles. The molecular weight excluding hydrogens is 258 g/mol. The minimum absolute atomic E-state index is 0.123. The molecule has 3 rings (SSSR count). The number of aromatic nitrogens is 2. The Labute approximate surface area is 117 Å². The summed E-state index contributed by atoms with van der Waals surface area (Å²) in [6.07, 6.45) is -0.265. The van der Waals surface area contributed by atoms with E-state index in [-0.39, 0.29) is 12.1 Å². The normalized spacial score (nSPS) is 20.8. The molecule has 106 valence electrons. The smallest absolute Gasteiger partial charge is 0.247 e. The van der Waals surface area contributed by atoms with E-state index in [4.69, 9.17) is 13.9 Å². The first-order valence-electron chi connectivity index (χ1n) is 6.63. The zero-order valence-corrected chi connectivity index (χ0v) is 11.3. The van der Waals surface area contributed by atoms with Crippen LogP contribution >= 0.6 is 0 Å². The zero-order chi connectivity index (χ0) is 13.8. The first-order valence-corrected chi connectivity index (χ1v) is 6.63. The van der Waals surface area contributed by atoms with E-state index in [9.17, 15) is 0 Å². The number of hydrogen-bond acceptors (Lipinski definition) is 6. The Morgan fingerprint density at radius 2 is 2.05 bits per heavy atom. The Bertz CT molecular complexity index is 538. The topological polar surface area (TPSA) is 69.4 Å². The van der Waals surface area contributed by atoms with Gasteiger partial charge in [0.15, 0.2) is 6.10 Å². The van der Waals surface area contributed by atoms with Crippen LogP contribution in [0.5, 0.6) is 0 Å². The average molecular weight is 275 g/mol. The van der Waals surface area contributed by atoms with Crippen LogP contribution in [0, 0.1) is 0 Å². The molecule has 1 N–H and O–H groups in total. The van der Waals surface area contributed by atoms with E-state index in [0.29, 0.717) is 31.6 Å². The fourth-order valence-corrected chi connectivity index (χ4v) is 2.20. The minimum atomic E-state index is -0.265. The molecule has 0 spiro atoms. The second-order valence-electron chi connectivity index (χ2n) is 4.55. The summed E-state index contributed by atoms with van der Waals surface area (Å²) < 4.78 is 16.6. The van der Waals surface area contributed by atoms with E-state index < -0.39 is 0 Å². The van der Waals surface area contributed by atoms with Crippen molar-refractivity contribution in [1.29, 1.82) is 0 Å². The maximum Gasteiger partial charge on any atom is 0.247 e. The summed E-state index contributed by atoms with van der Waals surface area (Å²) in [4.78, 5) is 0. The average Bonchev–Trinajstić information content (AvgIpc) is 3.00. The SMILES string of the molecule is CNC(c1ccccc1)c1nnc(C2COCCO2)o1. The van der Waals surface area contributed by atoms with Crippen molar-refractivity contribution >= 4 is 0 Å². The number of nitrogens with one attached hydrogen (secondary N) is 1. The van der Waals surface area contributed by atoms with Crippen molar-refractivity contribution in [3.8, 4) is 0 Å². The third-order valence-electron chi connectivity index (χ3n) is 3.22. The molecule has 0 amide bonds. The lowest BCUT2D eigenvalue weighted by Gasteiger charge is -2.19. The van der Waals surface area contributed by atoms with Gasteiger partial charge in [-0.1, -0.05) is 30.3 Å². The van der Waals surface area contributed by atoms with Crippen LogP contribution in [0.1, 0.15) is 29.5 Å². The van der Waals surface area contributed by atoms with Crippen LogP contribution in [0.3, 0.4) is 0 Å². The highest BCUT2D eigenvalue weighted by Crippen LogP contribution is 2.24. The first-order chi connectivity index (χ1) is 9.88. The molecule has 0 saturated carbocycles. The van der Waals surface area contributed by atoms with Crippen LogP contribution in [-0.4, -0.2) is 37.1 Å². The van der Waals surface area contributed by atoms with Gasteiger partial charge in [0.25, 0.3) is 0 Å². The largest absolute Gasteiger partial charge is 0.420 e. The van der Waals surface area contributed by atoms with Crippen LogP contribution < -0.4 is 5.32 Å². The van der Waals surface area contributed by atoms with Gasteiger partial charge in [-0.05, 0) is 12.6 Å². The van der Waals surface area contributed by atoms with Crippen molar-refractivity contribution < 1.29 is 13.9 Å². The summed E-state index contributed by atoms with van der Waals surface area (Å²) in [5.41, 5.74) is 1.08. The molecule has 6 nitrogen and oxygen atoms in total. The molecule has 1 aliphatic heterocycles. The maximum absolute atomic E-state index is 5.74. The Balaban J connectivity index is 1.81. The standard InChI is InChI=1S/C14H17N3O3/c1-15-12(10-5-3-2-4-6-10)14-17-16-13(20-14)11-9-18-7-8-19-11/h2-6,11-12,15H,7-9H2,1H3. The molecule has 1 saturated heterocycles. The molecule has 1 fully saturated rings. The maximum atomic E-state index is 5.74. The predicted molar refractivity (Wildman–Crippen MR) is 71.2 cm³/mol. The highest BCUT2D eigenvalue weighted by Gasteiger charge is 2.25. The zero-order valence-electron chi connectivity index (χ0n) is 11.3. The quantitative estimate of drug-likeness (QED) is 0.911. The van der Waals surface area contributed by atoms with Crippen LogP contribution in [0.15, 0.2) is 34.7 Å². The molecule has 2 heterocycles. The Kier molecular flexibility index (Phi) is 4.05. The first kappa shape index (κ1) is 13.2. The Morgan fingerprint density at radius 3 is 2.75 bits per heavy atom. The highest BCUT2D eigenvalue weighted by atomic mass is 16.6. The van der Waals surface area contributed by atoms with Crippen molar-refractivity contribution in [3.05, 3.63) is 47.7 Å². The molecule has 2 aromatic rings. The molecule has 1 aromatic heterocycles. The van der Waals surface area contributed by atoms with Crippen molar-refractivity contribution in [2.24, 2.45) is 0 Å². The van der Waals surface area contributed by atoms with E-state index in [1.807, 2.05) is 37.4 Å². The molecule has 0 aliphatic carbocycles. The third-order valence-corrected chi connectivity index (χ3v) is 3.22. The van der Waals surface area contributed by atoms with Crippen LogP contribution in [0.4, 0.5) is 0 Å². The van der Waals surface area contributed by atoms with E-state index in [1.54, 1.807) is 0 Å². The van der Waals surface area contributed by atoms with Gasteiger partial charge in [-0.25, -0.2) is 0 Å². The Morgan fingerprint density at radius 1 is 1.20 bits per heavy atom. The highest BCUT2D eigenvalue weighted by molar-refractivity contribution is 5.23. The van der Waals surface area contributed by atoms with Crippen molar-refractivity contribution in [1.82, 2.24) is 15.5 Å². The van der Waals surface area contributed by atoms with Crippen molar-refractivity contribution in [2.45, 2.75) is 12.1 Å². The van der Waals surface area contributed by atoms with Gasteiger partial charge in [-0.2, -0.15) is 0 Å². The molecule has 2 atom stereocenters. The minimum Gasteiger partial charge on any atom is -0.420 e. The molecule has 6 heteroatoms. The molecule has 0 bridgehead atoms. The summed E-state index contributed by atoms with van der Waals surface area (Å²) in [5.74, 6) is 0.999. The summed E-state index contributed by atoms with van der Waals surface area (Å²) >= 11 is 0. The monoisotopic (exact) mass is 275 g/mol. The van der Waals surface area contributed by atoms with Gasteiger partial charge in [0.05, 0.1) is 19.8 Å². The number of ether oxygens (including phenoxy) is 2. The Hall–Kier alpha value is -1.76. The molecule has 1 aliphatic rings. The van der Waals surface area contributed by atoms with E-state index >= 15 is 0 Å². The predicted octanol–water partition coefficient (Wildman–Crippen LogP) is 1.47. The summed E-state index contributed by atoms with van der Waals surface area (Å²) in [6.45, 7) is 1.62. The number of hydrogen-bond donors (Lipinski definition) is 1. The molecule has 20 heavy (non-hydrogen) atoms. The molecular formula is C14H17N3O3. The van der Waals surface area contributed by atoms with E-state index in [2.05, 4.69) is 15.5 Å². The fraction of sp³-hybridized carbons (Fsp3) is 0.429. The lowest BCUT2D eigenvalue weighted by Crippen LogP contribution is -2.22. The van der Waals surface area contributed by atoms with Crippen LogP contribution in [0.25, 0.3) is 0 Å². The number of benzene rings is 1. The lowest BCUT2D eigenvalue weighted by molar-refractivity contribution is -0.0999. The molecule has 0 radical (unpaired) electrons. The van der Waals surface area contributed by atoms with Gasteiger partial charge >= 0.3 is 0 Å². The van der Waals surface area contributed by atoms with E-state index in [0.717, 1.165) is 5.56 Å². The van der Waals surface area contributed by atoms with Gasteiger partial charge in [0.1, 0.15) is 6.04 Å². The third kappa shape index (κ3) is 2.72. The number of nitrogens with zero attached hydrogens (tertiary/aromatic N) is 2. The van der Waals surface area contributed by atoms with Gasteiger partial charge in [0.2, 0.25) is 11.8 Å². The van der Waals surface area contributed by atoms with Crippen LogP contribution in [-0.2, 0) is 9.47 Å². The summed E-state index contributed by atoms with van der Waals surface area (Å²) in [7, 11) is 1.86. The van der Waals surface area contributed by atoms with Gasteiger partial charge in [-0.15, -0.1) is 10.2 Å². The summed E-state index contributed by atoms with van der Waals surface area (Å²) in [6, 6.07) is 9.85. The van der Waals surface area contributed by atoms with Gasteiger partial charge in [-0.3, -0.25) is 0 Å². The van der Waals surface area contributed by atoms with Gasteiger partial charge in [0, 0.05) is 0 Å². The van der Waals surface area contributed by atoms with Crippen LogP contribution in [0.2, 0.25) is 0 Å². The van der Waals surface area contributed by atoms with E-state index in [1.165, 1.54) is 0 Å². The fourth-order valence-electron chi connectivity index (χ4n) is 2.20. The summed E-state index contributed by atoms with van der Waals surface area (Å²) in [5, 5.41) is 11.4. The second-order valence-corrected chi connectivity index (χ2v) is 4.55. The van der Waals surface area contributed by atoms with Crippen molar-refractivity contribution in [2.75, 3.05) is 26.9 Å². The molecule has 2 unspecified atom stereocenters. The lowest BCUT2D eigenvalue weighted by atomic mass is 10.1. The van der Waals surface area contributed by atoms with Gasteiger partial charge < -0.3 is 19.2 Å². The second kappa shape index (κ2) is 6.13.